The predicted octanol–water partition coefficient (Wildman–Crippen LogP) is 4.31. The van der Waals surface area contributed by atoms with Gasteiger partial charge in [0.15, 0.2) is 0 Å². The zero-order valence-corrected chi connectivity index (χ0v) is 12.7. The van der Waals surface area contributed by atoms with Crippen LogP contribution in [0.25, 0.3) is 10.2 Å². The highest BCUT2D eigenvalue weighted by Gasteiger charge is 2.00. The summed E-state index contributed by atoms with van der Waals surface area (Å²) in [7, 11) is 0. The third-order valence-electron chi connectivity index (χ3n) is 2.92. The van der Waals surface area contributed by atoms with Gasteiger partial charge in [-0.2, -0.15) is 5.10 Å². The van der Waals surface area contributed by atoms with Crippen molar-refractivity contribution in [3.8, 4) is 5.75 Å². The summed E-state index contributed by atoms with van der Waals surface area (Å²) >= 11 is 1.58. The molecule has 3 rings (SSSR count). The van der Waals surface area contributed by atoms with Crippen LogP contribution in [0.1, 0.15) is 5.56 Å². The molecule has 110 valence electrons. The van der Waals surface area contributed by atoms with E-state index in [1.807, 2.05) is 48.5 Å². The zero-order chi connectivity index (χ0) is 15.2. The Morgan fingerprint density at radius 3 is 2.77 bits per heavy atom. The lowest BCUT2D eigenvalue weighted by atomic mass is 10.2. The maximum Gasteiger partial charge on any atom is 0.204 e. The summed E-state index contributed by atoms with van der Waals surface area (Å²) in [5, 5.41) is 5.00. The molecule has 4 nitrogen and oxygen atoms in total. The number of nitrogens with one attached hydrogen (secondary N) is 1. The second-order valence-electron chi connectivity index (χ2n) is 4.53. The lowest BCUT2D eigenvalue weighted by Crippen LogP contribution is -1.93. The van der Waals surface area contributed by atoms with Crippen molar-refractivity contribution in [3.63, 3.8) is 0 Å². The van der Waals surface area contributed by atoms with Crippen LogP contribution in [0.4, 0.5) is 5.13 Å². The molecule has 0 atom stereocenters. The third kappa shape index (κ3) is 3.51. The summed E-state index contributed by atoms with van der Waals surface area (Å²) in [5.41, 5.74) is 4.93. The largest absolute Gasteiger partial charge is 0.490 e. The van der Waals surface area contributed by atoms with Gasteiger partial charge in [0.25, 0.3) is 0 Å². The van der Waals surface area contributed by atoms with Crippen LogP contribution in [-0.2, 0) is 0 Å². The van der Waals surface area contributed by atoms with Gasteiger partial charge < -0.3 is 4.74 Å². The molecule has 3 aromatic rings. The first-order valence-corrected chi connectivity index (χ1v) is 7.65. The van der Waals surface area contributed by atoms with Gasteiger partial charge in [-0.15, -0.1) is 0 Å². The molecule has 0 bridgehead atoms. The van der Waals surface area contributed by atoms with E-state index in [0.717, 1.165) is 26.7 Å². The molecule has 22 heavy (non-hydrogen) atoms. The number of rotatable bonds is 6. The first-order chi connectivity index (χ1) is 10.8. The number of hydrogen-bond donors (Lipinski definition) is 1. The average molecular weight is 309 g/mol. The normalized spacial score (nSPS) is 10.9. The maximum atomic E-state index is 5.43. The minimum Gasteiger partial charge on any atom is -0.490 e. The highest BCUT2D eigenvalue weighted by Crippen LogP contribution is 2.25. The van der Waals surface area contributed by atoms with Crippen LogP contribution in [-0.4, -0.2) is 17.8 Å². The Morgan fingerprint density at radius 2 is 2.00 bits per heavy atom. The van der Waals surface area contributed by atoms with Crippen molar-refractivity contribution in [2.24, 2.45) is 5.10 Å². The fourth-order valence-electron chi connectivity index (χ4n) is 1.89. The van der Waals surface area contributed by atoms with Gasteiger partial charge in [0.05, 0.1) is 16.4 Å². The first kappa shape index (κ1) is 14.3. The minimum atomic E-state index is 0.507. The Bertz CT molecular complexity index is 760. The third-order valence-corrected chi connectivity index (χ3v) is 3.86. The van der Waals surface area contributed by atoms with Gasteiger partial charge in [0, 0.05) is 0 Å². The first-order valence-electron chi connectivity index (χ1n) is 6.83. The molecular formula is C17H15N3OS. The van der Waals surface area contributed by atoms with E-state index in [-0.39, 0.29) is 0 Å². The van der Waals surface area contributed by atoms with Crippen molar-refractivity contribution >= 4 is 32.9 Å². The van der Waals surface area contributed by atoms with Gasteiger partial charge >= 0.3 is 0 Å². The van der Waals surface area contributed by atoms with Gasteiger partial charge in [-0.3, -0.25) is 5.43 Å². The van der Waals surface area contributed by atoms with Crippen LogP contribution in [0.2, 0.25) is 0 Å². The monoisotopic (exact) mass is 309 g/mol. The molecule has 5 heteroatoms. The molecule has 0 aliphatic rings. The van der Waals surface area contributed by atoms with Gasteiger partial charge in [0.2, 0.25) is 5.13 Å². The van der Waals surface area contributed by atoms with Crippen LogP contribution in [0, 0.1) is 0 Å². The predicted molar refractivity (Wildman–Crippen MR) is 93.0 cm³/mol. The van der Waals surface area contributed by atoms with Gasteiger partial charge in [-0.05, 0) is 42.0 Å². The van der Waals surface area contributed by atoms with Crippen molar-refractivity contribution in [1.82, 2.24) is 4.98 Å². The summed E-state index contributed by atoms with van der Waals surface area (Å²) in [5.74, 6) is 0.816. The molecule has 1 N–H and O–H groups in total. The molecule has 1 heterocycles. The highest BCUT2D eigenvalue weighted by atomic mass is 32.1. The Labute approximate surface area is 132 Å². The number of ether oxygens (including phenoxy) is 1. The topological polar surface area (TPSA) is 46.5 Å². The molecule has 0 aliphatic heterocycles. The summed E-state index contributed by atoms with van der Waals surface area (Å²) in [6, 6.07) is 15.7. The zero-order valence-electron chi connectivity index (χ0n) is 11.9. The van der Waals surface area contributed by atoms with E-state index in [1.54, 1.807) is 23.6 Å². The van der Waals surface area contributed by atoms with Gasteiger partial charge in [-0.1, -0.05) is 36.1 Å². The van der Waals surface area contributed by atoms with Crippen molar-refractivity contribution < 1.29 is 4.74 Å². The molecule has 0 unspecified atom stereocenters. The summed E-state index contributed by atoms with van der Waals surface area (Å²) < 4.78 is 6.57. The minimum absolute atomic E-state index is 0.507. The maximum absolute atomic E-state index is 5.43. The fraction of sp³-hybridized carbons (Fsp3) is 0.0588. The quantitative estimate of drug-likeness (QED) is 0.419. The number of hydrazone groups is 1. The van der Waals surface area contributed by atoms with Crippen LogP contribution in [0.5, 0.6) is 5.75 Å². The number of anilines is 1. The average Bonchev–Trinajstić information content (AvgIpc) is 2.97. The number of hydrogen-bond acceptors (Lipinski definition) is 5. The Hall–Kier alpha value is -2.66. The summed E-state index contributed by atoms with van der Waals surface area (Å²) in [6.45, 7) is 4.13. The number of para-hydroxylation sites is 1. The van der Waals surface area contributed by atoms with E-state index >= 15 is 0 Å². The number of benzene rings is 2. The van der Waals surface area contributed by atoms with Crippen molar-refractivity contribution in [1.29, 1.82) is 0 Å². The number of nitrogens with zero attached hydrogens (tertiary/aromatic N) is 2. The Morgan fingerprint density at radius 1 is 1.18 bits per heavy atom. The fourth-order valence-corrected chi connectivity index (χ4v) is 2.70. The SMILES string of the molecule is C=CCOc1ccc(/C=N\Nc2nc3ccccc3s2)cc1. The summed E-state index contributed by atoms with van der Waals surface area (Å²) in [6.07, 6.45) is 3.47. The van der Waals surface area contributed by atoms with Gasteiger partial charge in [-0.25, -0.2) is 4.98 Å². The molecule has 0 saturated heterocycles. The van der Waals surface area contributed by atoms with Crippen LogP contribution in [0.3, 0.4) is 0 Å². The Kier molecular flexibility index (Phi) is 4.46. The van der Waals surface area contributed by atoms with Crippen molar-refractivity contribution in [3.05, 3.63) is 66.7 Å². The molecule has 0 spiro atoms. The summed E-state index contributed by atoms with van der Waals surface area (Å²) in [4.78, 5) is 4.46. The standard InChI is InChI=1S/C17H15N3OS/c1-2-11-21-14-9-7-13(8-10-14)12-18-20-17-19-15-5-3-4-6-16(15)22-17/h2-10,12H,1,11H2,(H,19,20)/b18-12-. The Balaban J connectivity index is 1.62. The molecular weight excluding hydrogens is 294 g/mol. The van der Waals surface area contributed by atoms with Gasteiger partial charge in [0.1, 0.15) is 12.4 Å². The number of aromatic nitrogens is 1. The van der Waals surface area contributed by atoms with Crippen molar-refractivity contribution in [2.75, 3.05) is 12.0 Å². The van der Waals surface area contributed by atoms with E-state index < -0.39 is 0 Å². The van der Waals surface area contributed by atoms with Crippen molar-refractivity contribution in [2.45, 2.75) is 0 Å². The highest BCUT2D eigenvalue weighted by molar-refractivity contribution is 7.22. The van der Waals surface area contributed by atoms with E-state index in [2.05, 4.69) is 22.1 Å². The molecule has 0 radical (unpaired) electrons. The second kappa shape index (κ2) is 6.87. The van der Waals surface area contributed by atoms with Crippen LogP contribution < -0.4 is 10.2 Å². The van der Waals surface area contributed by atoms with Crippen LogP contribution in [0.15, 0.2) is 66.3 Å². The smallest absolute Gasteiger partial charge is 0.204 e. The van der Waals surface area contributed by atoms with E-state index in [1.165, 1.54) is 0 Å². The molecule has 1 aromatic heterocycles. The molecule has 2 aromatic carbocycles. The molecule has 0 fully saturated rings. The van der Waals surface area contributed by atoms with E-state index in [4.69, 9.17) is 4.74 Å². The second-order valence-corrected chi connectivity index (χ2v) is 5.56. The molecule has 0 aliphatic carbocycles. The van der Waals surface area contributed by atoms with E-state index in [9.17, 15) is 0 Å². The lowest BCUT2D eigenvalue weighted by molar-refractivity contribution is 0.363. The van der Waals surface area contributed by atoms with Crippen LogP contribution >= 0.6 is 11.3 Å². The van der Waals surface area contributed by atoms with E-state index in [0.29, 0.717) is 6.61 Å². The number of fused-ring (bicyclic) bond motifs is 1. The lowest BCUT2D eigenvalue weighted by Gasteiger charge is -2.02. The molecule has 0 saturated carbocycles. The molecule has 0 amide bonds. The number of thiazole rings is 1.